The maximum atomic E-state index is 5.27. The highest BCUT2D eigenvalue weighted by molar-refractivity contribution is 5.91. The van der Waals surface area contributed by atoms with Gasteiger partial charge in [0.1, 0.15) is 0 Å². The van der Waals surface area contributed by atoms with Gasteiger partial charge in [-0.05, 0) is 96.5 Å². The van der Waals surface area contributed by atoms with E-state index in [9.17, 15) is 0 Å². The molecule has 2 atom stereocenters. The van der Waals surface area contributed by atoms with Crippen LogP contribution in [0.1, 0.15) is 53.4 Å². The number of fused-ring (bicyclic) bond motifs is 7. The fraction of sp³-hybridized carbons (Fsp3) is 0.250. The summed E-state index contributed by atoms with van der Waals surface area (Å²) in [7, 11) is 0. The van der Waals surface area contributed by atoms with Gasteiger partial charge >= 0.3 is 0 Å². The Morgan fingerprint density at radius 2 is 1.38 bits per heavy atom. The van der Waals surface area contributed by atoms with Crippen LogP contribution in [0, 0.1) is 13.8 Å². The Kier molecular flexibility index (Phi) is 3.68. The van der Waals surface area contributed by atoms with Crippen molar-refractivity contribution in [2.45, 2.75) is 44.9 Å². The van der Waals surface area contributed by atoms with E-state index in [0.717, 1.165) is 5.92 Å². The molecule has 0 saturated heterocycles. The van der Waals surface area contributed by atoms with E-state index in [1.165, 1.54) is 63.7 Å². The van der Waals surface area contributed by atoms with Gasteiger partial charge in [0.2, 0.25) is 0 Å². The first-order valence-electron chi connectivity index (χ1n) is 10.8. The van der Waals surface area contributed by atoms with E-state index >= 15 is 0 Å². The molecule has 1 nitrogen and oxygen atoms in total. The lowest BCUT2D eigenvalue weighted by Gasteiger charge is -2.22. The van der Waals surface area contributed by atoms with Crippen molar-refractivity contribution in [3.05, 3.63) is 89.0 Å². The van der Waals surface area contributed by atoms with Gasteiger partial charge in [-0.15, -0.1) is 0 Å². The molecule has 0 radical (unpaired) electrons. The average Bonchev–Trinajstić information content (AvgIpc) is 3.38. The molecule has 1 aromatic heterocycles. The van der Waals surface area contributed by atoms with Crippen molar-refractivity contribution >= 4 is 10.9 Å². The summed E-state index contributed by atoms with van der Waals surface area (Å²) in [6.07, 6.45) is 3.97. The predicted octanol–water partition coefficient (Wildman–Crippen LogP) is 7.55. The second-order valence-corrected chi connectivity index (χ2v) is 8.90. The van der Waals surface area contributed by atoms with Crippen molar-refractivity contribution in [3.63, 3.8) is 0 Å². The molecule has 0 spiro atoms. The minimum Gasteiger partial charge on any atom is -0.247 e. The second kappa shape index (κ2) is 6.29. The van der Waals surface area contributed by atoms with Crippen LogP contribution in [0.15, 0.2) is 66.7 Å². The Morgan fingerprint density at radius 3 is 2.21 bits per heavy atom. The van der Waals surface area contributed by atoms with Crippen LogP contribution in [0.2, 0.25) is 0 Å². The zero-order chi connectivity index (χ0) is 19.5. The van der Waals surface area contributed by atoms with Crippen LogP contribution in [0.3, 0.4) is 0 Å². The number of nitrogens with zero attached hydrogens (tertiary/aromatic N) is 1. The lowest BCUT2D eigenvalue weighted by atomic mass is 9.85. The molecule has 2 unspecified atom stereocenters. The fourth-order valence-electron chi connectivity index (χ4n) is 5.62. The minimum atomic E-state index is 0.684. The van der Waals surface area contributed by atoms with E-state index in [0.29, 0.717) is 5.92 Å². The first-order chi connectivity index (χ1) is 14.2. The monoisotopic (exact) mass is 375 g/mol. The van der Waals surface area contributed by atoms with Crippen LogP contribution >= 0.6 is 0 Å². The molecule has 1 saturated carbocycles. The minimum absolute atomic E-state index is 0.684. The van der Waals surface area contributed by atoms with Gasteiger partial charge in [0, 0.05) is 10.9 Å². The van der Waals surface area contributed by atoms with Crippen molar-refractivity contribution in [1.82, 2.24) is 4.98 Å². The van der Waals surface area contributed by atoms with E-state index in [-0.39, 0.29) is 0 Å². The molecule has 2 aliphatic rings. The molecule has 142 valence electrons. The summed E-state index contributed by atoms with van der Waals surface area (Å²) in [5.41, 5.74) is 12.0. The van der Waals surface area contributed by atoms with Crippen molar-refractivity contribution in [3.8, 4) is 22.4 Å². The summed E-state index contributed by atoms with van der Waals surface area (Å²) < 4.78 is 0. The molecule has 29 heavy (non-hydrogen) atoms. The van der Waals surface area contributed by atoms with E-state index in [1.807, 2.05) is 0 Å². The van der Waals surface area contributed by atoms with Crippen LogP contribution in [-0.4, -0.2) is 4.98 Å². The number of hydrogen-bond donors (Lipinski definition) is 0. The van der Waals surface area contributed by atoms with Crippen molar-refractivity contribution in [2.24, 2.45) is 0 Å². The topological polar surface area (TPSA) is 12.9 Å². The van der Waals surface area contributed by atoms with Gasteiger partial charge in [0.15, 0.2) is 0 Å². The van der Waals surface area contributed by atoms with Gasteiger partial charge in [-0.1, -0.05) is 48.5 Å². The summed E-state index contributed by atoms with van der Waals surface area (Å²) in [4.78, 5) is 5.27. The van der Waals surface area contributed by atoms with E-state index in [1.54, 1.807) is 11.1 Å². The fourth-order valence-corrected chi connectivity index (χ4v) is 5.62. The summed E-state index contributed by atoms with van der Waals surface area (Å²) >= 11 is 0. The number of pyridine rings is 1. The van der Waals surface area contributed by atoms with Crippen LogP contribution in [0.25, 0.3) is 33.3 Å². The standard InChI is InChI=1S/C28H25N/c1-17-13-24-25(14-18(17)2)29-28(27-22-12-11-21(16-22)26(24)27)23-10-6-9-20(15-23)19-7-4-3-5-8-19/h3-10,13-15,21-22H,11-12,16H2,1-2H3. The molecule has 4 aromatic rings. The zero-order valence-corrected chi connectivity index (χ0v) is 17.1. The molecular weight excluding hydrogens is 350 g/mol. The van der Waals surface area contributed by atoms with Crippen LogP contribution < -0.4 is 0 Å². The lowest BCUT2D eigenvalue weighted by molar-refractivity contribution is 0.720. The molecule has 2 aliphatic carbocycles. The quantitative estimate of drug-likeness (QED) is 0.352. The molecule has 6 rings (SSSR count). The first kappa shape index (κ1) is 17.0. The van der Waals surface area contributed by atoms with Gasteiger partial charge in [0.25, 0.3) is 0 Å². The van der Waals surface area contributed by atoms with Crippen molar-refractivity contribution in [1.29, 1.82) is 0 Å². The predicted molar refractivity (Wildman–Crippen MR) is 121 cm³/mol. The van der Waals surface area contributed by atoms with Crippen molar-refractivity contribution in [2.75, 3.05) is 0 Å². The van der Waals surface area contributed by atoms with Gasteiger partial charge in [-0.2, -0.15) is 0 Å². The van der Waals surface area contributed by atoms with Gasteiger partial charge in [0.05, 0.1) is 11.2 Å². The Labute approximate surface area is 172 Å². The average molecular weight is 376 g/mol. The second-order valence-electron chi connectivity index (χ2n) is 8.90. The molecule has 1 fully saturated rings. The third-order valence-corrected chi connectivity index (χ3v) is 7.17. The van der Waals surface area contributed by atoms with Crippen molar-refractivity contribution < 1.29 is 0 Å². The number of hydrogen-bond acceptors (Lipinski definition) is 1. The summed E-state index contributed by atoms with van der Waals surface area (Å²) in [5, 5.41) is 1.40. The van der Waals surface area contributed by atoms with E-state index in [2.05, 4.69) is 80.6 Å². The van der Waals surface area contributed by atoms with E-state index < -0.39 is 0 Å². The molecule has 2 bridgehead atoms. The first-order valence-corrected chi connectivity index (χ1v) is 10.8. The number of aryl methyl sites for hydroxylation is 2. The van der Waals surface area contributed by atoms with Crippen LogP contribution in [-0.2, 0) is 0 Å². The SMILES string of the molecule is Cc1cc2nc(-c3cccc(-c4ccccc4)c3)c3c(c2cc1C)C1CCC3C1. The molecule has 0 aliphatic heterocycles. The molecule has 0 amide bonds. The Bertz CT molecular complexity index is 1250. The highest BCUT2D eigenvalue weighted by Gasteiger charge is 2.40. The summed E-state index contributed by atoms with van der Waals surface area (Å²) in [6.45, 7) is 4.43. The maximum absolute atomic E-state index is 5.27. The highest BCUT2D eigenvalue weighted by Crippen LogP contribution is 2.57. The van der Waals surface area contributed by atoms with Crippen LogP contribution in [0.5, 0.6) is 0 Å². The van der Waals surface area contributed by atoms with Crippen LogP contribution in [0.4, 0.5) is 0 Å². The maximum Gasteiger partial charge on any atom is 0.0747 e. The third kappa shape index (κ3) is 2.57. The van der Waals surface area contributed by atoms with E-state index in [4.69, 9.17) is 4.98 Å². The smallest absolute Gasteiger partial charge is 0.0747 e. The number of rotatable bonds is 2. The third-order valence-electron chi connectivity index (χ3n) is 7.17. The Balaban J connectivity index is 1.62. The largest absolute Gasteiger partial charge is 0.247 e. The normalized spacial score (nSPS) is 19.7. The zero-order valence-electron chi connectivity index (χ0n) is 17.1. The summed E-state index contributed by atoms with van der Waals surface area (Å²) in [6, 6.07) is 24.3. The van der Waals surface area contributed by atoms with Gasteiger partial charge in [-0.25, -0.2) is 4.98 Å². The Morgan fingerprint density at radius 1 is 0.690 bits per heavy atom. The summed E-state index contributed by atoms with van der Waals surface area (Å²) in [5.74, 6) is 1.41. The molecule has 1 heterocycles. The lowest BCUT2D eigenvalue weighted by Crippen LogP contribution is -2.05. The van der Waals surface area contributed by atoms with Gasteiger partial charge < -0.3 is 0 Å². The number of aromatic nitrogens is 1. The molecule has 0 N–H and O–H groups in total. The Hall–Kier alpha value is -2.93. The van der Waals surface area contributed by atoms with Gasteiger partial charge in [-0.3, -0.25) is 0 Å². The molecule has 3 aromatic carbocycles. The number of benzene rings is 3. The molecular formula is C28H25N. The highest BCUT2D eigenvalue weighted by atomic mass is 14.7. The molecule has 1 heteroatoms.